The van der Waals surface area contributed by atoms with Gasteiger partial charge in [-0.15, -0.1) is 0 Å². The second kappa shape index (κ2) is 5.72. The highest BCUT2D eigenvalue weighted by Crippen LogP contribution is 2.39. The molecule has 0 nitrogen and oxygen atoms in total. The molecule has 0 aliphatic rings. The maximum Gasteiger partial charge on any atom is 0.0406 e. The Morgan fingerprint density at radius 3 is 2.12 bits per heavy atom. The van der Waals surface area contributed by atoms with Crippen LogP contribution >= 0.6 is 11.6 Å². The summed E-state index contributed by atoms with van der Waals surface area (Å²) >= 11 is 5.93. The molecule has 0 fully saturated rings. The molecule has 0 amide bonds. The Morgan fingerprint density at radius 2 is 1.69 bits per heavy atom. The van der Waals surface area contributed by atoms with Crippen molar-refractivity contribution in [2.75, 3.05) is 0 Å². The van der Waals surface area contributed by atoms with Gasteiger partial charge in [0, 0.05) is 5.02 Å². The van der Waals surface area contributed by atoms with Gasteiger partial charge in [-0.2, -0.15) is 0 Å². The number of unbranched alkanes of at least 4 members (excludes halogenated alkanes) is 1. The largest absolute Gasteiger partial charge is 0.0843 e. The monoisotopic (exact) mass is 238 g/mol. The molecule has 0 aromatic heterocycles. The second-order valence-corrected chi connectivity index (χ2v) is 6.05. The van der Waals surface area contributed by atoms with Crippen molar-refractivity contribution >= 4 is 11.6 Å². The van der Waals surface area contributed by atoms with Gasteiger partial charge in [-0.3, -0.25) is 0 Å². The van der Waals surface area contributed by atoms with Gasteiger partial charge >= 0.3 is 0 Å². The van der Waals surface area contributed by atoms with Crippen LogP contribution in [0.4, 0.5) is 0 Å². The molecule has 1 aromatic rings. The van der Waals surface area contributed by atoms with Crippen molar-refractivity contribution in [1.82, 2.24) is 0 Å². The fourth-order valence-electron chi connectivity index (χ4n) is 2.20. The Kier molecular flexibility index (Phi) is 4.86. The Hall–Kier alpha value is -0.490. The third-order valence-corrected chi connectivity index (χ3v) is 3.42. The number of halogens is 1. The molecule has 0 saturated carbocycles. The summed E-state index contributed by atoms with van der Waals surface area (Å²) in [5.74, 6) is 0.629. The van der Waals surface area contributed by atoms with Gasteiger partial charge in [0.05, 0.1) is 0 Å². The quantitative estimate of drug-likeness (QED) is 0.635. The number of benzene rings is 1. The molecule has 0 saturated heterocycles. The van der Waals surface area contributed by atoms with E-state index in [0.29, 0.717) is 11.3 Å². The van der Waals surface area contributed by atoms with Crippen molar-refractivity contribution in [3.63, 3.8) is 0 Å². The summed E-state index contributed by atoms with van der Waals surface area (Å²) in [4.78, 5) is 0. The highest BCUT2D eigenvalue weighted by atomic mass is 35.5. The van der Waals surface area contributed by atoms with Crippen LogP contribution in [0.1, 0.15) is 58.4 Å². The van der Waals surface area contributed by atoms with Crippen LogP contribution in [0.2, 0.25) is 5.02 Å². The van der Waals surface area contributed by atoms with Crippen molar-refractivity contribution in [2.24, 2.45) is 5.41 Å². The SMILES string of the molecule is CCCCC(c1ccc(Cl)cc1)C(C)(C)C. The van der Waals surface area contributed by atoms with Crippen molar-refractivity contribution in [2.45, 2.75) is 52.9 Å². The van der Waals surface area contributed by atoms with Crippen LogP contribution in [0.25, 0.3) is 0 Å². The van der Waals surface area contributed by atoms with Gasteiger partial charge < -0.3 is 0 Å². The predicted molar refractivity (Wildman–Crippen MR) is 73.2 cm³/mol. The van der Waals surface area contributed by atoms with E-state index >= 15 is 0 Å². The van der Waals surface area contributed by atoms with Gasteiger partial charge in [0.2, 0.25) is 0 Å². The van der Waals surface area contributed by atoms with E-state index in [2.05, 4.69) is 39.8 Å². The number of hydrogen-bond donors (Lipinski definition) is 0. The summed E-state index contributed by atoms with van der Waals surface area (Å²) in [6, 6.07) is 8.35. The minimum absolute atomic E-state index is 0.322. The Bertz CT molecular complexity index is 305. The third kappa shape index (κ3) is 3.83. The molecule has 0 radical (unpaired) electrons. The summed E-state index contributed by atoms with van der Waals surface area (Å²) in [7, 11) is 0. The number of rotatable bonds is 4. The first-order chi connectivity index (χ1) is 7.45. The molecule has 1 atom stereocenters. The van der Waals surface area contributed by atoms with Gasteiger partial charge in [0.25, 0.3) is 0 Å². The highest BCUT2D eigenvalue weighted by molar-refractivity contribution is 6.30. The number of hydrogen-bond acceptors (Lipinski definition) is 0. The van der Waals surface area contributed by atoms with Crippen molar-refractivity contribution in [3.05, 3.63) is 34.9 Å². The standard InChI is InChI=1S/C15H23Cl/c1-5-6-7-14(15(2,3)4)12-8-10-13(16)11-9-12/h8-11,14H,5-7H2,1-4H3. The van der Waals surface area contributed by atoms with Gasteiger partial charge in [0.15, 0.2) is 0 Å². The fraction of sp³-hybridized carbons (Fsp3) is 0.600. The Morgan fingerprint density at radius 1 is 1.12 bits per heavy atom. The minimum atomic E-state index is 0.322. The van der Waals surface area contributed by atoms with Crippen molar-refractivity contribution in [1.29, 1.82) is 0 Å². The van der Waals surface area contributed by atoms with E-state index in [9.17, 15) is 0 Å². The average molecular weight is 239 g/mol. The van der Waals surface area contributed by atoms with E-state index in [4.69, 9.17) is 11.6 Å². The molecule has 0 spiro atoms. The highest BCUT2D eigenvalue weighted by Gasteiger charge is 2.25. The minimum Gasteiger partial charge on any atom is -0.0843 e. The van der Waals surface area contributed by atoms with Crippen molar-refractivity contribution in [3.8, 4) is 0 Å². The summed E-state index contributed by atoms with van der Waals surface area (Å²) in [5.41, 5.74) is 1.74. The van der Waals surface area contributed by atoms with Crippen LogP contribution < -0.4 is 0 Å². The van der Waals surface area contributed by atoms with Crippen LogP contribution in [-0.2, 0) is 0 Å². The lowest BCUT2D eigenvalue weighted by Gasteiger charge is -2.31. The van der Waals surface area contributed by atoms with E-state index in [1.807, 2.05) is 12.1 Å². The Labute approximate surface area is 105 Å². The van der Waals surface area contributed by atoms with Gasteiger partial charge in [-0.25, -0.2) is 0 Å². The van der Waals surface area contributed by atoms with Crippen molar-refractivity contribution < 1.29 is 0 Å². The summed E-state index contributed by atoms with van der Waals surface area (Å²) in [5, 5.41) is 0.826. The maximum absolute atomic E-state index is 5.93. The molecule has 1 unspecified atom stereocenters. The van der Waals surface area contributed by atoms with Gasteiger partial charge in [0.1, 0.15) is 0 Å². The molecule has 0 aliphatic carbocycles. The molecular weight excluding hydrogens is 216 g/mol. The molecule has 0 aliphatic heterocycles. The van der Waals surface area contributed by atoms with Gasteiger partial charge in [-0.1, -0.05) is 64.3 Å². The predicted octanol–water partition coefficient (Wildman–Crippen LogP) is 5.66. The van der Waals surface area contributed by atoms with Crippen LogP contribution in [0.15, 0.2) is 24.3 Å². The summed E-state index contributed by atoms with van der Waals surface area (Å²) in [6.45, 7) is 9.22. The second-order valence-electron chi connectivity index (χ2n) is 5.61. The third-order valence-electron chi connectivity index (χ3n) is 3.16. The lowest BCUT2D eigenvalue weighted by atomic mass is 9.74. The van der Waals surface area contributed by atoms with Crippen LogP contribution in [0.3, 0.4) is 0 Å². The molecule has 1 aromatic carbocycles. The topological polar surface area (TPSA) is 0 Å². The van der Waals surface area contributed by atoms with E-state index in [-0.39, 0.29) is 0 Å². The van der Waals surface area contributed by atoms with Gasteiger partial charge in [-0.05, 0) is 35.4 Å². The Balaban J connectivity index is 2.88. The van der Waals surface area contributed by atoms with E-state index in [1.54, 1.807) is 0 Å². The molecule has 1 heteroatoms. The molecule has 0 N–H and O–H groups in total. The summed E-state index contributed by atoms with van der Waals surface area (Å²) < 4.78 is 0. The smallest absolute Gasteiger partial charge is 0.0406 e. The first-order valence-electron chi connectivity index (χ1n) is 6.20. The first-order valence-corrected chi connectivity index (χ1v) is 6.58. The molecule has 0 heterocycles. The zero-order chi connectivity index (χ0) is 12.2. The lowest BCUT2D eigenvalue weighted by Crippen LogP contribution is -2.18. The summed E-state index contributed by atoms with van der Waals surface area (Å²) in [6.07, 6.45) is 3.83. The molecule has 90 valence electrons. The zero-order valence-electron chi connectivity index (χ0n) is 10.9. The van der Waals surface area contributed by atoms with Crippen LogP contribution in [-0.4, -0.2) is 0 Å². The fourth-order valence-corrected chi connectivity index (χ4v) is 2.33. The maximum atomic E-state index is 5.93. The molecule has 16 heavy (non-hydrogen) atoms. The molecular formula is C15H23Cl. The van der Waals surface area contributed by atoms with Crippen LogP contribution in [0.5, 0.6) is 0 Å². The van der Waals surface area contributed by atoms with E-state index in [1.165, 1.54) is 24.8 Å². The zero-order valence-corrected chi connectivity index (χ0v) is 11.6. The molecule has 1 rings (SSSR count). The lowest BCUT2D eigenvalue weighted by molar-refractivity contribution is 0.299. The van der Waals surface area contributed by atoms with E-state index < -0.39 is 0 Å². The normalized spacial score (nSPS) is 13.8. The van der Waals surface area contributed by atoms with E-state index in [0.717, 1.165) is 5.02 Å². The first kappa shape index (κ1) is 13.6. The van der Waals surface area contributed by atoms with Crippen LogP contribution in [0, 0.1) is 5.41 Å². The molecule has 0 bridgehead atoms. The average Bonchev–Trinajstić information content (AvgIpc) is 2.19.